The van der Waals surface area contributed by atoms with Gasteiger partial charge in [-0.25, -0.2) is 4.68 Å². The van der Waals surface area contributed by atoms with E-state index in [2.05, 4.69) is 20.0 Å². The molecule has 140 valence electrons. The van der Waals surface area contributed by atoms with Crippen molar-refractivity contribution in [2.75, 3.05) is 6.54 Å². The lowest BCUT2D eigenvalue weighted by molar-refractivity contribution is 0.0954. The van der Waals surface area contributed by atoms with Gasteiger partial charge in [-0.3, -0.25) is 9.59 Å². The Kier molecular flexibility index (Phi) is 6.31. The van der Waals surface area contributed by atoms with E-state index in [9.17, 15) is 9.59 Å². The summed E-state index contributed by atoms with van der Waals surface area (Å²) in [5.41, 5.74) is 2.00. The molecule has 0 unspecified atom stereocenters. The highest BCUT2D eigenvalue weighted by molar-refractivity contribution is 7.08. The van der Waals surface area contributed by atoms with E-state index in [1.54, 1.807) is 18.2 Å². The Morgan fingerprint density at radius 2 is 2.00 bits per heavy atom. The van der Waals surface area contributed by atoms with Crippen molar-refractivity contribution in [1.82, 2.24) is 24.7 Å². The molecule has 0 fully saturated rings. The average Bonchev–Trinajstić information content (AvgIpc) is 3.13. The van der Waals surface area contributed by atoms with Crippen LogP contribution in [-0.2, 0) is 13.0 Å². The van der Waals surface area contributed by atoms with E-state index >= 15 is 0 Å². The van der Waals surface area contributed by atoms with Gasteiger partial charge in [0.2, 0.25) is 0 Å². The molecule has 0 aliphatic rings. The number of hydrogen-bond acceptors (Lipinski definition) is 6. The molecule has 0 saturated carbocycles. The van der Waals surface area contributed by atoms with E-state index in [1.807, 2.05) is 19.1 Å². The zero-order valence-corrected chi connectivity index (χ0v) is 16.3. The van der Waals surface area contributed by atoms with Crippen molar-refractivity contribution in [2.45, 2.75) is 26.3 Å². The maximum Gasteiger partial charge on any atom is 0.266 e. The third-order valence-electron chi connectivity index (χ3n) is 3.86. The minimum absolute atomic E-state index is 0.227. The molecule has 1 aromatic carbocycles. The van der Waals surface area contributed by atoms with Crippen molar-refractivity contribution < 1.29 is 4.79 Å². The molecular formula is C18H18ClN5O2S. The second-order valence-corrected chi connectivity index (χ2v) is 7.03. The largest absolute Gasteiger partial charge is 0.349 e. The molecule has 3 aromatic rings. The van der Waals surface area contributed by atoms with E-state index in [0.717, 1.165) is 23.5 Å². The molecule has 0 saturated heterocycles. The van der Waals surface area contributed by atoms with Gasteiger partial charge in [0.1, 0.15) is 4.88 Å². The molecule has 0 radical (unpaired) electrons. The standard InChI is InChI=1S/C18H18ClN5O2S/c1-2-3-15-17(27-23-21-15)18(26)20-10-11-24-16(25)9-8-14(22-24)12-4-6-13(19)7-5-12/h4-9H,2-3,10-11H2,1H3,(H,20,26). The molecule has 0 atom stereocenters. The normalized spacial score (nSPS) is 10.7. The molecule has 0 aliphatic carbocycles. The first-order valence-electron chi connectivity index (χ1n) is 8.52. The zero-order chi connectivity index (χ0) is 19.2. The van der Waals surface area contributed by atoms with Gasteiger partial charge < -0.3 is 5.32 Å². The molecule has 27 heavy (non-hydrogen) atoms. The van der Waals surface area contributed by atoms with Crippen molar-refractivity contribution in [3.63, 3.8) is 0 Å². The van der Waals surface area contributed by atoms with Gasteiger partial charge in [-0.1, -0.05) is 41.6 Å². The van der Waals surface area contributed by atoms with Gasteiger partial charge in [0.05, 0.1) is 17.9 Å². The fraction of sp³-hybridized carbons (Fsp3) is 0.278. The summed E-state index contributed by atoms with van der Waals surface area (Å²) in [5.74, 6) is -0.227. The van der Waals surface area contributed by atoms with E-state index < -0.39 is 0 Å². The highest BCUT2D eigenvalue weighted by Crippen LogP contribution is 2.18. The molecule has 7 nitrogen and oxygen atoms in total. The molecule has 2 heterocycles. The van der Waals surface area contributed by atoms with Gasteiger partial charge in [-0.05, 0) is 36.2 Å². The van der Waals surface area contributed by atoms with Gasteiger partial charge in [-0.2, -0.15) is 5.10 Å². The SMILES string of the molecule is CCCc1nnsc1C(=O)NCCn1nc(-c2ccc(Cl)cc2)ccc1=O. The molecule has 0 bridgehead atoms. The van der Waals surface area contributed by atoms with Crippen LogP contribution in [0.5, 0.6) is 0 Å². The molecule has 2 aromatic heterocycles. The first-order valence-corrected chi connectivity index (χ1v) is 9.67. The first kappa shape index (κ1) is 19.2. The number of amides is 1. The van der Waals surface area contributed by atoms with Crippen molar-refractivity contribution >= 4 is 29.0 Å². The van der Waals surface area contributed by atoms with Crippen molar-refractivity contribution in [2.24, 2.45) is 0 Å². The maximum atomic E-state index is 12.3. The Bertz CT molecular complexity index is 984. The van der Waals surface area contributed by atoms with Gasteiger partial charge in [-0.15, -0.1) is 5.10 Å². The van der Waals surface area contributed by atoms with Crippen molar-refractivity contribution in [3.05, 3.63) is 62.3 Å². The van der Waals surface area contributed by atoms with Crippen LogP contribution in [0.15, 0.2) is 41.2 Å². The molecular weight excluding hydrogens is 386 g/mol. The molecule has 0 aliphatic heterocycles. The van der Waals surface area contributed by atoms with E-state index in [1.165, 1.54) is 10.7 Å². The van der Waals surface area contributed by atoms with Crippen LogP contribution in [0.1, 0.15) is 28.7 Å². The summed E-state index contributed by atoms with van der Waals surface area (Å²) in [5, 5.41) is 11.8. The second kappa shape index (κ2) is 8.88. The number of carbonyl (C=O) groups is 1. The first-order chi connectivity index (χ1) is 13.1. The van der Waals surface area contributed by atoms with Crippen LogP contribution in [-0.4, -0.2) is 31.8 Å². The number of benzene rings is 1. The summed E-state index contributed by atoms with van der Waals surface area (Å²) in [7, 11) is 0. The second-order valence-electron chi connectivity index (χ2n) is 5.84. The van der Waals surface area contributed by atoms with Crippen LogP contribution in [0.2, 0.25) is 5.02 Å². The number of rotatable bonds is 7. The van der Waals surface area contributed by atoms with Crippen molar-refractivity contribution in [1.29, 1.82) is 0 Å². The lowest BCUT2D eigenvalue weighted by atomic mass is 10.1. The lowest BCUT2D eigenvalue weighted by Crippen LogP contribution is -2.32. The highest BCUT2D eigenvalue weighted by Gasteiger charge is 2.15. The van der Waals surface area contributed by atoms with E-state index in [-0.39, 0.29) is 24.6 Å². The van der Waals surface area contributed by atoms with E-state index in [4.69, 9.17) is 11.6 Å². The predicted octanol–water partition coefficient (Wildman–Crippen LogP) is 2.80. The smallest absolute Gasteiger partial charge is 0.266 e. The Labute approximate surface area is 165 Å². The van der Waals surface area contributed by atoms with Gasteiger partial charge in [0, 0.05) is 23.2 Å². The number of nitrogens with zero attached hydrogens (tertiary/aromatic N) is 4. The Hall–Kier alpha value is -2.58. The van der Waals surface area contributed by atoms with Crippen LogP contribution in [0.4, 0.5) is 0 Å². The molecule has 0 spiro atoms. The lowest BCUT2D eigenvalue weighted by Gasteiger charge is -2.08. The minimum atomic E-state index is -0.229. The summed E-state index contributed by atoms with van der Waals surface area (Å²) in [4.78, 5) is 24.9. The van der Waals surface area contributed by atoms with Crippen LogP contribution < -0.4 is 10.9 Å². The van der Waals surface area contributed by atoms with Gasteiger partial charge in [0.25, 0.3) is 11.5 Å². The van der Waals surface area contributed by atoms with Crippen LogP contribution in [0.3, 0.4) is 0 Å². The third kappa shape index (κ3) is 4.78. The average molecular weight is 404 g/mol. The summed E-state index contributed by atoms with van der Waals surface area (Å²) >= 11 is 6.98. The number of nitrogens with one attached hydrogen (secondary N) is 1. The number of hydrogen-bond donors (Lipinski definition) is 1. The third-order valence-corrected chi connectivity index (χ3v) is 4.88. The quantitative estimate of drug-likeness (QED) is 0.655. The topological polar surface area (TPSA) is 89.8 Å². The van der Waals surface area contributed by atoms with E-state index in [0.29, 0.717) is 27.7 Å². The Morgan fingerprint density at radius 3 is 2.74 bits per heavy atom. The molecule has 9 heteroatoms. The zero-order valence-electron chi connectivity index (χ0n) is 14.7. The highest BCUT2D eigenvalue weighted by atomic mass is 35.5. The van der Waals surface area contributed by atoms with Gasteiger partial charge >= 0.3 is 0 Å². The monoisotopic (exact) mass is 403 g/mol. The summed E-state index contributed by atoms with van der Waals surface area (Å²) in [6.07, 6.45) is 1.60. The Morgan fingerprint density at radius 1 is 1.22 bits per heavy atom. The number of aromatic nitrogens is 4. The fourth-order valence-corrected chi connectivity index (χ4v) is 3.27. The fourth-order valence-electron chi connectivity index (χ4n) is 2.52. The number of halogens is 1. The van der Waals surface area contributed by atoms with Crippen LogP contribution in [0, 0.1) is 0 Å². The maximum absolute atomic E-state index is 12.3. The van der Waals surface area contributed by atoms with Crippen LogP contribution in [0.25, 0.3) is 11.3 Å². The number of carbonyl (C=O) groups excluding carboxylic acids is 1. The summed E-state index contributed by atoms with van der Waals surface area (Å²) < 4.78 is 5.18. The van der Waals surface area contributed by atoms with Crippen molar-refractivity contribution in [3.8, 4) is 11.3 Å². The summed E-state index contributed by atoms with van der Waals surface area (Å²) in [6.45, 7) is 2.56. The molecule has 3 rings (SSSR count). The molecule has 1 N–H and O–H groups in total. The minimum Gasteiger partial charge on any atom is -0.349 e. The summed E-state index contributed by atoms with van der Waals surface area (Å²) in [6, 6.07) is 10.4. The number of aryl methyl sites for hydroxylation is 1. The Balaban J connectivity index is 1.66. The predicted molar refractivity (Wildman–Crippen MR) is 105 cm³/mol. The molecule has 1 amide bonds. The van der Waals surface area contributed by atoms with Gasteiger partial charge in [0.15, 0.2) is 0 Å². The van der Waals surface area contributed by atoms with Crippen LogP contribution >= 0.6 is 23.1 Å².